The molecule has 2 aromatic carbocycles. The quantitative estimate of drug-likeness (QED) is 0.476. The molecule has 1 aliphatic rings. The zero-order valence-corrected chi connectivity index (χ0v) is 17.7. The van der Waals surface area contributed by atoms with Gasteiger partial charge in [0.25, 0.3) is 5.91 Å². The number of anilines is 1. The number of rotatable bonds is 6. The molecule has 0 spiro atoms. The molecule has 2 aromatic heterocycles. The highest BCUT2D eigenvalue weighted by Crippen LogP contribution is 2.41. The largest absolute Gasteiger partial charge is 0.497 e. The first kappa shape index (κ1) is 20.4. The average molecular weight is 432 g/mol. The summed E-state index contributed by atoms with van der Waals surface area (Å²) in [6.45, 7) is 2.78. The van der Waals surface area contributed by atoms with E-state index in [4.69, 9.17) is 18.3 Å². The van der Waals surface area contributed by atoms with Crippen LogP contribution in [0, 0.1) is 0 Å². The first-order chi connectivity index (χ1) is 15.7. The number of furan rings is 2. The molecule has 1 saturated heterocycles. The minimum absolute atomic E-state index is 0.205. The molecule has 7 heteroatoms. The Morgan fingerprint density at radius 3 is 2.53 bits per heavy atom. The highest BCUT2D eigenvalue weighted by Gasteiger charge is 2.31. The maximum Gasteiger partial charge on any atom is 0.291 e. The van der Waals surface area contributed by atoms with Gasteiger partial charge in [-0.15, -0.1) is 0 Å². The third-order valence-corrected chi connectivity index (χ3v) is 5.70. The molecule has 1 N–H and O–H groups in total. The van der Waals surface area contributed by atoms with Crippen LogP contribution in [0.1, 0.15) is 27.9 Å². The Kier molecular flexibility index (Phi) is 5.66. The van der Waals surface area contributed by atoms with Crippen molar-refractivity contribution in [1.82, 2.24) is 4.90 Å². The van der Waals surface area contributed by atoms with Gasteiger partial charge in [-0.2, -0.15) is 0 Å². The second-order valence-electron chi connectivity index (χ2n) is 7.59. The first-order valence-corrected chi connectivity index (χ1v) is 10.6. The van der Waals surface area contributed by atoms with Gasteiger partial charge in [-0.05, 0) is 42.0 Å². The standard InChI is InChI=1S/C25H24N2O5/c1-29-18-10-8-17(9-11-18)23(27-12-15-30-16-13-27)24-22(19-5-2-3-6-20(19)32-24)26-25(28)21-7-4-14-31-21/h2-11,14,23H,12-13,15-16H2,1H3,(H,26,28)/t23-/m1/s1. The summed E-state index contributed by atoms with van der Waals surface area (Å²) in [6, 6.07) is 18.8. The van der Waals surface area contributed by atoms with Crippen LogP contribution in [0.4, 0.5) is 5.69 Å². The van der Waals surface area contributed by atoms with Crippen molar-refractivity contribution in [1.29, 1.82) is 0 Å². The summed E-state index contributed by atoms with van der Waals surface area (Å²) in [4.78, 5) is 15.2. The third-order valence-electron chi connectivity index (χ3n) is 5.70. The molecule has 0 saturated carbocycles. The number of methoxy groups -OCH3 is 1. The Balaban J connectivity index is 1.63. The van der Waals surface area contributed by atoms with E-state index in [1.807, 2.05) is 48.5 Å². The van der Waals surface area contributed by atoms with E-state index in [1.165, 1.54) is 6.26 Å². The van der Waals surface area contributed by atoms with Crippen molar-refractivity contribution in [3.8, 4) is 5.75 Å². The number of hydrogen-bond donors (Lipinski definition) is 1. The topological polar surface area (TPSA) is 77.1 Å². The van der Waals surface area contributed by atoms with E-state index in [-0.39, 0.29) is 17.7 Å². The number of nitrogens with zero attached hydrogens (tertiary/aromatic N) is 1. The Labute approximate surface area is 185 Å². The fourth-order valence-corrected chi connectivity index (χ4v) is 4.12. The van der Waals surface area contributed by atoms with Crippen molar-refractivity contribution in [3.05, 3.63) is 84.0 Å². The molecule has 5 rings (SSSR count). The van der Waals surface area contributed by atoms with Crippen LogP contribution in [0.15, 0.2) is 75.8 Å². The van der Waals surface area contributed by atoms with Gasteiger partial charge in [0.2, 0.25) is 0 Å². The summed E-state index contributed by atoms with van der Waals surface area (Å²) in [5.41, 5.74) is 2.40. The number of hydrogen-bond acceptors (Lipinski definition) is 6. The molecule has 164 valence electrons. The Morgan fingerprint density at radius 2 is 1.81 bits per heavy atom. The Hall–Kier alpha value is -3.55. The van der Waals surface area contributed by atoms with Gasteiger partial charge in [-0.1, -0.05) is 24.3 Å². The second-order valence-corrected chi connectivity index (χ2v) is 7.59. The van der Waals surface area contributed by atoms with Gasteiger partial charge in [0.05, 0.1) is 38.3 Å². The smallest absolute Gasteiger partial charge is 0.291 e. The van der Waals surface area contributed by atoms with Crippen molar-refractivity contribution in [3.63, 3.8) is 0 Å². The molecular formula is C25H24N2O5. The molecule has 4 aromatic rings. The van der Waals surface area contributed by atoms with Gasteiger partial charge in [0.15, 0.2) is 5.76 Å². The lowest BCUT2D eigenvalue weighted by Gasteiger charge is -2.34. The average Bonchev–Trinajstić information content (AvgIpc) is 3.50. The Morgan fingerprint density at radius 1 is 1.03 bits per heavy atom. The van der Waals surface area contributed by atoms with Crippen molar-refractivity contribution in [2.75, 3.05) is 38.7 Å². The lowest BCUT2D eigenvalue weighted by atomic mass is 10.00. The van der Waals surface area contributed by atoms with E-state index in [0.717, 1.165) is 29.8 Å². The van der Waals surface area contributed by atoms with Crippen LogP contribution in [0.3, 0.4) is 0 Å². The number of ether oxygens (including phenoxy) is 2. The molecular weight excluding hydrogens is 408 g/mol. The van der Waals surface area contributed by atoms with Crippen LogP contribution >= 0.6 is 0 Å². The lowest BCUT2D eigenvalue weighted by molar-refractivity contribution is 0.0206. The Bertz CT molecular complexity index is 1190. The van der Waals surface area contributed by atoms with Gasteiger partial charge in [-0.3, -0.25) is 9.69 Å². The van der Waals surface area contributed by atoms with E-state index in [0.29, 0.717) is 30.2 Å². The SMILES string of the molecule is COc1ccc([C@H](c2oc3ccccc3c2NC(=O)c2ccco2)N2CCOCC2)cc1. The summed E-state index contributed by atoms with van der Waals surface area (Å²) < 4.78 is 22.6. The monoisotopic (exact) mass is 432 g/mol. The molecule has 0 bridgehead atoms. The molecule has 32 heavy (non-hydrogen) atoms. The fourth-order valence-electron chi connectivity index (χ4n) is 4.12. The van der Waals surface area contributed by atoms with Gasteiger partial charge >= 0.3 is 0 Å². The molecule has 7 nitrogen and oxygen atoms in total. The van der Waals surface area contributed by atoms with Crippen molar-refractivity contribution in [2.24, 2.45) is 0 Å². The minimum Gasteiger partial charge on any atom is -0.497 e. The predicted octanol–water partition coefficient (Wildman–Crippen LogP) is 4.71. The molecule has 1 aliphatic heterocycles. The van der Waals surface area contributed by atoms with Gasteiger partial charge < -0.3 is 23.6 Å². The van der Waals surface area contributed by atoms with E-state index in [9.17, 15) is 4.79 Å². The van der Waals surface area contributed by atoms with E-state index < -0.39 is 0 Å². The maximum absolute atomic E-state index is 12.9. The van der Waals surface area contributed by atoms with E-state index in [1.54, 1.807) is 19.2 Å². The summed E-state index contributed by atoms with van der Waals surface area (Å²) in [6.07, 6.45) is 1.48. The summed E-state index contributed by atoms with van der Waals surface area (Å²) >= 11 is 0. The van der Waals surface area contributed by atoms with Gasteiger partial charge in [-0.25, -0.2) is 0 Å². The van der Waals surface area contributed by atoms with Crippen molar-refractivity contribution >= 4 is 22.6 Å². The zero-order chi connectivity index (χ0) is 21.9. The van der Waals surface area contributed by atoms with Crippen LogP contribution < -0.4 is 10.1 Å². The number of benzene rings is 2. The van der Waals surface area contributed by atoms with Crippen LogP contribution in [-0.4, -0.2) is 44.2 Å². The summed E-state index contributed by atoms with van der Waals surface area (Å²) in [5.74, 6) is 1.38. The number of amides is 1. The van der Waals surface area contributed by atoms with Crippen molar-refractivity contribution in [2.45, 2.75) is 6.04 Å². The lowest BCUT2D eigenvalue weighted by Crippen LogP contribution is -2.39. The van der Waals surface area contributed by atoms with Gasteiger partial charge in [0.1, 0.15) is 17.1 Å². The molecule has 1 atom stereocenters. The number of morpholine rings is 1. The number of carbonyl (C=O) groups excluding carboxylic acids is 1. The summed E-state index contributed by atoms with van der Waals surface area (Å²) in [5, 5.41) is 3.88. The van der Waals surface area contributed by atoms with Crippen LogP contribution in [0.2, 0.25) is 0 Å². The summed E-state index contributed by atoms with van der Waals surface area (Å²) in [7, 11) is 1.65. The highest BCUT2D eigenvalue weighted by molar-refractivity contribution is 6.08. The number of carbonyl (C=O) groups is 1. The molecule has 1 fully saturated rings. The maximum atomic E-state index is 12.9. The zero-order valence-electron chi connectivity index (χ0n) is 17.7. The van der Waals surface area contributed by atoms with Crippen LogP contribution in [0.25, 0.3) is 11.0 Å². The number of para-hydroxylation sites is 1. The normalized spacial score (nSPS) is 15.5. The number of fused-ring (bicyclic) bond motifs is 1. The van der Waals surface area contributed by atoms with Crippen LogP contribution in [-0.2, 0) is 4.74 Å². The molecule has 3 heterocycles. The predicted molar refractivity (Wildman–Crippen MR) is 120 cm³/mol. The van der Waals surface area contributed by atoms with Gasteiger partial charge in [0, 0.05) is 18.5 Å². The molecule has 0 unspecified atom stereocenters. The second kappa shape index (κ2) is 8.90. The van der Waals surface area contributed by atoms with Crippen LogP contribution in [0.5, 0.6) is 5.75 Å². The highest BCUT2D eigenvalue weighted by atomic mass is 16.5. The third kappa shape index (κ3) is 3.88. The first-order valence-electron chi connectivity index (χ1n) is 10.6. The van der Waals surface area contributed by atoms with E-state index in [2.05, 4.69) is 10.2 Å². The number of nitrogens with one attached hydrogen (secondary N) is 1. The van der Waals surface area contributed by atoms with Crippen molar-refractivity contribution < 1.29 is 23.1 Å². The fraction of sp³-hybridized carbons (Fsp3) is 0.240. The van der Waals surface area contributed by atoms with E-state index >= 15 is 0 Å². The molecule has 1 amide bonds. The molecule has 0 aliphatic carbocycles. The molecule has 0 radical (unpaired) electrons. The minimum atomic E-state index is -0.321.